The fourth-order valence-electron chi connectivity index (χ4n) is 2.53. The third-order valence-electron chi connectivity index (χ3n) is 3.64. The van der Waals surface area contributed by atoms with Crippen molar-refractivity contribution in [1.82, 2.24) is 9.97 Å². The maximum Gasteiger partial charge on any atom is 0.305 e. The number of carboxylic acid groups (broad SMARTS) is 1. The fourth-order valence-corrected chi connectivity index (χ4v) is 2.53. The standard InChI is InChI=1S/C14H15N3O2/c18-13(19)8-14(6-3-7-14)17-12-9-15-10-4-1-2-5-11(10)16-12/h1-2,4-5,9H,3,6-8H2,(H,16,17)(H,18,19). The van der Waals surface area contributed by atoms with Crippen molar-refractivity contribution in [2.24, 2.45) is 0 Å². The van der Waals surface area contributed by atoms with E-state index < -0.39 is 5.97 Å². The van der Waals surface area contributed by atoms with Crippen LogP contribution in [0.2, 0.25) is 0 Å². The van der Waals surface area contributed by atoms with Gasteiger partial charge in [0.05, 0.1) is 23.7 Å². The fraction of sp³-hybridized carbons (Fsp3) is 0.357. The van der Waals surface area contributed by atoms with Crippen LogP contribution in [0.3, 0.4) is 0 Å². The van der Waals surface area contributed by atoms with E-state index in [2.05, 4.69) is 15.3 Å². The highest BCUT2D eigenvalue weighted by atomic mass is 16.4. The van der Waals surface area contributed by atoms with E-state index in [4.69, 9.17) is 5.11 Å². The molecule has 0 bridgehead atoms. The summed E-state index contributed by atoms with van der Waals surface area (Å²) in [6.07, 6.45) is 4.59. The zero-order valence-corrected chi connectivity index (χ0v) is 10.5. The third kappa shape index (κ3) is 2.36. The topological polar surface area (TPSA) is 75.1 Å². The van der Waals surface area contributed by atoms with Crippen LogP contribution in [0.4, 0.5) is 5.82 Å². The molecule has 0 amide bonds. The van der Waals surface area contributed by atoms with Crippen LogP contribution in [0.15, 0.2) is 30.5 Å². The Morgan fingerprint density at radius 1 is 1.32 bits per heavy atom. The lowest BCUT2D eigenvalue weighted by Crippen LogP contribution is -2.47. The average Bonchev–Trinajstić information content (AvgIpc) is 2.35. The Hall–Kier alpha value is -2.17. The molecule has 0 spiro atoms. The van der Waals surface area contributed by atoms with Crippen molar-refractivity contribution in [2.45, 2.75) is 31.2 Å². The smallest absolute Gasteiger partial charge is 0.305 e. The van der Waals surface area contributed by atoms with Crippen molar-refractivity contribution in [2.75, 3.05) is 5.32 Å². The Morgan fingerprint density at radius 3 is 2.68 bits per heavy atom. The van der Waals surface area contributed by atoms with Crippen molar-refractivity contribution in [3.63, 3.8) is 0 Å². The predicted octanol–water partition coefficient (Wildman–Crippen LogP) is 2.44. The van der Waals surface area contributed by atoms with E-state index in [1.807, 2.05) is 24.3 Å². The molecular weight excluding hydrogens is 242 g/mol. The molecule has 1 aromatic heterocycles. The van der Waals surface area contributed by atoms with Gasteiger partial charge in [-0.3, -0.25) is 9.78 Å². The highest BCUT2D eigenvalue weighted by Gasteiger charge is 2.39. The number of carbonyl (C=O) groups is 1. The molecule has 3 rings (SSSR count). The van der Waals surface area contributed by atoms with E-state index in [9.17, 15) is 4.79 Å². The van der Waals surface area contributed by atoms with Gasteiger partial charge in [-0.1, -0.05) is 12.1 Å². The van der Waals surface area contributed by atoms with Gasteiger partial charge < -0.3 is 10.4 Å². The lowest BCUT2D eigenvalue weighted by Gasteiger charge is -2.41. The Morgan fingerprint density at radius 2 is 2.05 bits per heavy atom. The molecule has 0 aliphatic heterocycles. The quantitative estimate of drug-likeness (QED) is 0.879. The van der Waals surface area contributed by atoms with Gasteiger partial charge in [-0.05, 0) is 31.4 Å². The number of aliphatic carboxylic acids is 1. The SMILES string of the molecule is O=C(O)CC1(Nc2cnc3ccccc3n2)CCC1. The monoisotopic (exact) mass is 257 g/mol. The summed E-state index contributed by atoms with van der Waals surface area (Å²) >= 11 is 0. The predicted molar refractivity (Wildman–Crippen MR) is 72.0 cm³/mol. The second-order valence-electron chi connectivity index (χ2n) is 5.07. The van der Waals surface area contributed by atoms with E-state index in [-0.39, 0.29) is 12.0 Å². The lowest BCUT2D eigenvalue weighted by atomic mass is 9.74. The number of hydrogen-bond acceptors (Lipinski definition) is 4. The van der Waals surface area contributed by atoms with Gasteiger partial charge in [-0.2, -0.15) is 0 Å². The van der Waals surface area contributed by atoms with Crippen LogP contribution in [0.5, 0.6) is 0 Å². The maximum atomic E-state index is 10.9. The molecule has 1 fully saturated rings. The van der Waals surface area contributed by atoms with E-state index >= 15 is 0 Å². The van der Waals surface area contributed by atoms with Crippen LogP contribution < -0.4 is 5.32 Å². The molecule has 1 aromatic carbocycles. The Bertz CT molecular complexity index is 623. The minimum Gasteiger partial charge on any atom is -0.481 e. The first-order valence-electron chi connectivity index (χ1n) is 6.39. The van der Waals surface area contributed by atoms with Gasteiger partial charge in [0.1, 0.15) is 5.82 Å². The molecule has 0 radical (unpaired) electrons. The number of para-hydroxylation sites is 2. The first-order chi connectivity index (χ1) is 9.17. The van der Waals surface area contributed by atoms with Gasteiger partial charge in [0, 0.05) is 5.54 Å². The Kier molecular flexibility index (Phi) is 2.81. The minimum absolute atomic E-state index is 0.126. The summed E-state index contributed by atoms with van der Waals surface area (Å²) in [5, 5.41) is 12.2. The first kappa shape index (κ1) is 11.9. The van der Waals surface area contributed by atoms with Crippen molar-refractivity contribution < 1.29 is 9.90 Å². The number of nitrogens with zero attached hydrogens (tertiary/aromatic N) is 2. The van der Waals surface area contributed by atoms with E-state index in [1.165, 1.54) is 0 Å². The Labute approximate surface area is 110 Å². The molecule has 5 nitrogen and oxygen atoms in total. The molecule has 1 aliphatic rings. The summed E-state index contributed by atoms with van der Waals surface area (Å²) in [4.78, 5) is 19.7. The second-order valence-corrected chi connectivity index (χ2v) is 5.07. The molecule has 5 heteroatoms. The molecule has 0 unspecified atom stereocenters. The van der Waals surface area contributed by atoms with Crippen molar-refractivity contribution in [3.8, 4) is 0 Å². The summed E-state index contributed by atoms with van der Waals surface area (Å²) in [6.45, 7) is 0. The summed E-state index contributed by atoms with van der Waals surface area (Å²) in [5.41, 5.74) is 1.31. The first-order valence-corrected chi connectivity index (χ1v) is 6.39. The molecule has 98 valence electrons. The molecule has 0 saturated heterocycles. The molecule has 19 heavy (non-hydrogen) atoms. The van der Waals surface area contributed by atoms with Gasteiger partial charge in [0.15, 0.2) is 0 Å². The average molecular weight is 257 g/mol. The molecule has 1 aliphatic carbocycles. The number of carboxylic acids is 1. The Balaban J connectivity index is 1.86. The van der Waals surface area contributed by atoms with E-state index in [0.717, 1.165) is 30.3 Å². The van der Waals surface area contributed by atoms with Crippen LogP contribution in [-0.4, -0.2) is 26.6 Å². The molecule has 2 N–H and O–H groups in total. The van der Waals surface area contributed by atoms with Gasteiger partial charge in [0.25, 0.3) is 0 Å². The van der Waals surface area contributed by atoms with Crippen LogP contribution in [0.1, 0.15) is 25.7 Å². The van der Waals surface area contributed by atoms with Crippen LogP contribution in [0, 0.1) is 0 Å². The van der Waals surface area contributed by atoms with Crippen molar-refractivity contribution in [1.29, 1.82) is 0 Å². The van der Waals surface area contributed by atoms with Gasteiger partial charge in [0.2, 0.25) is 0 Å². The van der Waals surface area contributed by atoms with E-state index in [1.54, 1.807) is 6.20 Å². The van der Waals surface area contributed by atoms with Crippen LogP contribution in [0.25, 0.3) is 11.0 Å². The number of anilines is 1. The summed E-state index contributed by atoms with van der Waals surface area (Å²) in [5.74, 6) is -0.124. The second kappa shape index (κ2) is 4.50. The maximum absolute atomic E-state index is 10.9. The molecule has 1 heterocycles. The molecular formula is C14H15N3O2. The zero-order valence-electron chi connectivity index (χ0n) is 10.5. The zero-order chi connectivity index (χ0) is 13.3. The number of aromatic nitrogens is 2. The van der Waals surface area contributed by atoms with Gasteiger partial charge >= 0.3 is 5.97 Å². The van der Waals surface area contributed by atoms with Crippen LogP contribution in [-0.2, 0) is 4.79 Å². The van der Waals surface area contributed by atoms with Crippen molar-refractivity contribution >= 4 is 22.8 Å². The summed E-state index contributed by atoms with van der Waals surface area (Å²) in [6, 6.07) is 7.64. The molecule has 1 saturated carbocycles. The highest BCUT2D eigenvalue weighted by molar-refractivity contribution is 5.75. The third-order valence-corrected chi connectivity index (χ3v) is 3.64. The number of nitrogens with one attached hydrogen (secondary N) is 1. The number of fused-ring (bicyclic) bond motifs is 1. The van der Waals surface area contributed by atoms with E-state index in [0.29, 0.717) is 5.82 Å². The van der Waals surface area contributed by atoms with Crippen molar-refractivity contribution in [3.05, 3.63) is 30.5 Å². The molecule has 0 atom stereocenters. The highest BCUT2D eigenvalue weighted by Crippen LogP contribution is 2.37. The molecule has 2 aromatic rings. The summed E-state index contributed by atoms with van der Waals surface area (Å²) in [7, 11) is 0. The normalized spacial score (nSPS) is 16.8. The lowest BCUT2D eigenvalue weighted by molar-refractivity contribution is -0.138. The van der Waals surface area contributed by atoms with Gasteiger partial charge in [-0.25, -0.2) is 4.98 Å². The number of hydrogen-bond donors (Lipinski definition) is 2. The van der Waals surface area contributed by atoms with Gasteiger partial charge in [-0.15, -0.1) is 0 Å². The van der Waals surface area contributed by atoms with Crippen LogP contribution >= 0.6 is 0 Å². The summed E-state index contributed by atoms with van der Waals surface area (Å²) < 4.78 is 0. The number of rotatable bonds is 4. The minimum atomic E-state index is -0.777. The largest absolute Gasteiger partial charge is 0.481 e. The number of benzene rings is 1.